The van der Waals surface area contributed by atoms with Crippen LogP contribution in [0.2, 0.25) is 0 Å². The third kappa shape index (κ3) is 4.29. The number of aryl methyl sites for hydroxylation is 1. The Morgan fingerprint density at radius 2 is 2.38 bits per heavy atom. The molecule has 1 aromatic heterocycles. The van der Waals surface area contributed by atoms with Crippen molar-refractivity contribution in [1.82, 2.24) is 15.1 Å². The number of hydrogen-bond donors (Lipinski definition) is 1. The van der Waals surface area contributed by atoms with Crippen LogP contribution in [0.3, 0.4) is 0 Å². The molecule has 0 bridgehead atoms. The third-order valence-corrected chi connectivity index (χ3v) is 3.28. The monoisotopic (exact) mass is 295 g/mol. The van der Waals surface area contributed by atoms with E-state index in [1.165, 1.54) is 0 Å². The van der Waals surface area contributed by atoms with Crippen LogP contribution in [-0.4, -0.2) is 59.4 Å². The highest BCUT2D eigenvalue weighted by molar-refractivity contribution is 5.89. The summed E-state index contributed by atoms with van der Waals surface area (Å²) in [6, 6.07) is 1.66. The number of ether oxygens (including phenoxy) is 2. The highest BCUT2D eigenvalue weighted by Crippen LogP contribution is 2.07. The fourth-order valence-electron chi connectivity index (χ4n) is 2.20. The number of rotatable bonds is 5. The van der Waals surface area contributed by atoms with Crippen molar-refractivity contribution in [3.8, 4) is 0 Å². The van der Waals surface area contributed by atoms with Gasteiger partial charge < -0.3 is 14.4 Å². The summed E-state index contributed by atoms with van der Waals surface area (Å²) < 4.78 is 10.4. The number of carbonyl (C=O) groups is 2. The Morgan fingerprint density at radius 1 is 1.57 bits per heavy atom. The summed E-state index contributed by atoms with van der Waals surface area (Å²) in [5.74, 6) is -0.786. The summed E-state index contributed by atoms with van der Waals surface area (Å²) in [5.41, 5.74) is 1.10. The molecule has 1 aliphatic rings. The van der Waals surface area contributed by atoms with Crippen LogP contribution in [0.25, 0.3) is 0 Å². The van der Waals surface area contributed by atoms with E-state index in [4.69, 9.17) is 9.47 Å². The summed E-state index contributed by atoms with van der Waals surface area (Å²) >= 11 is 0. The summed E-state index contributed by atoms with van der Waals surface area (Å²) in [6.45, 7) is 5.26. The van der Waals surface area contributed by atoms with Crippen LogP contribution in [0.5, 0.6) is 0 Å². The Bertz CT molecular complexity index is 500. The van der Waals surface area contributed by atoms with Crippen LogP contribution in [0.4, 0.5) is 0 Å². The number of morpholine rings is 1. The minimum atomic E-state index is -0.580. The normalized spacial score (nSPS) is 18.6. The van der Waals surface area contributed by atoms with Crippen molar-refractivity contribution in [2.24, 2.45) is 0 Å². The van der Waals surface area contributed by atoms with Gasteiger partial charge in [0.25, 0.3) is 5.91 Å². The molecule has 0 spiro atoms. The SMILES string of the molecule is CCCc1cc(C(=O)OCC(=O)N2CCOC(C)C2)n[nH]1. The molecule has 1 unspecified atom stereocenters. The van der Waals surface area contributed by atoms with E-state index in [2.05, 4.69) is 10.2 Å². The average Bonchev–Trinajstić information content (AvgIpc) is 2.93. The molecule has 7 nitrogen and oxygen atoms in total. The molecule has 21 heavy (non-hydrogen) atoms. The zero-order chi connectivity index (χ0) is 15.2. The Balaban J connectivity index is 1.81. The van der Waals surface area contributed by atoms with Gasteiger partial charge in [0, 0.05) is 18.8 Å². The van der Waals surface area contributed by atoms with Crippen molar-refractivity contribution >= 4 is 11.9 Å². The Kier molecular flexibility index (Phi) is 5.32. The minimum Gasteiger partial charge on any atom is -0.451 e. The van der Waals surface area contributed by atoms with Gasteiger partial charge in [0.05, 0.1) is 12.7 Å². The number of aromatic nitrogens is 2. The summed E-state index contributed by atoms with van der Waals surface area (Å²) in [7, 11) is 0. The molecule has 2 heterocycles. The second-order valence-electron chi connectivity index (χ2n) is 5.13. The van der Waals surface area contributed by atoms with Crippen molar-refractivity contribution in [3.63, 3.8) is 0 Å². The van der Waals surface area contributed by atoms with Gasteiger partial charge in [-0.15, -0.1) is 0 Å². The Labute approximate surface area is 123 Å². The molecule has 0 aromatic carbocycles. The molecule has 0 saturated carbocycles. The number of esters is 1. The molecule has 0 radical (unpaired) electrons. The molecule has 1 saturated heterocycles. The molecule has 1 aliphatic heterocycles. The molecule has 1 atom stereocenters. The number of H-pyrrole nitrogens is 1. The Hall–Kier alpha value is -1.89. The van der Waals surface area contributed by atoms with Crippen molar-refractivity contribution in [2.75, 3.05) is 26.3 Å². The molecule has 1 aromatic rings. The molecule has 0 aliphatic carbocycles. The van der Waals surface area contributed by atoms with E-state index in [9.17, 15) is 9.59 Å². The second-order valence-corrected chi connectivity index (χ2v) is 5.13. The number of hydrogen-bond acceptors (Lipinski definition) is 5. The fourth-order valence-corrected chi connectivity index (χ4v) is 2.20. The molecule has 1 N–H and O–H groups in total. The summed E-state index contributed by atoms with van der Waals surface area (Å²) in [5, 5.41) is 6.67. The topological polar surface area (TPSA) is 84.5 Å². The van der Waals surface area contributed by atoms with E-state index in [0.717, 1.165) is 18.5 Å². The predicted octanol–water partition coefficient (Wildman–Crippen LogP) is 0.766. The van der Waals surface area contributed by atoms with E-state index < -0.39 is 5.97 Å². The van der Waals surface area contributed by atoms with Gasteiger partial charge in [0.2, 0.25) is 0 Å². The van der Waals surface area contributed by atoms with Gasteiger partial charge in [0.1, 0.15) is 0 Å². The number of carbonyl (C=O) groups excluding carboxylic acids is 2. The van der Waals surface area contributed by atoms with Gasteiger partial charge in [0.15, 0.2) is 12.3 Å². The number of nitrogens with one attached hydrogen (secondary N) is 1. The number of aromatic amines is 1. The quantitative estimate of drug-likeness (QED) is 0.811. The summed E-state index contributed by atoms with van der Waals surface area (Å²) in [6.07, 6.45) is 1.80. The van der Waals surface area contributed by atoms with E-state index in [1.807, 2.05) is 13.8 Å². The molecule has 7 heteroatoms. The molecule has 1 fully saturated rings. The van der Waals surface area contributed by atoms with Crippen molar-refractivity contribution < 1.29 is 19.1 Å². The van der Waals surface area contributed by atoms with Crippen LogP contribution in [0, 0.1) is 0 Å². The zero-order valence-electron chi connectivity index (χ0n) is 12.4. The molecular formula is C14H21N3O4. The maximum Gasteiger partial charge on any atom is 0.359 e. The zero-order valence-corrected chi connectivity index (χ0v) is 12.4. The van der Waals surface area contributed by atoms with Crippen molar-refractivity contribution in [2.45, 2.75) is 32.8 Å². The lowest BCUT2D eigenvalue weighted by Gasteiger charge is -2.30. The maximum atomic E-state index is 12.0. The first-order valence-electron chi connectivity index (χ1n) is 7.21. The van der Waals surface area contributed by atoms with Crippen LogP contribution < -0.4 is 0 Å². The smallest absolute Gasteiger partial charge is 0.359 e. The number of amides is 1. The Morgan fingerprint density at radius 3 is 3.10 bits per heavy atom. The standard InChI is InChI=1S/C14H21N3O4/c1-3-4-11-7-12(16-15-11)14(19)21-9-13(18)17-5-6-20-10(2)8-17/h7,10H,3-6,8-9H2,1-2H3,(H,15,16). The van der Waals surface area contributed by atoms with Crippen LogP contribution in [0.15, 0.2) is 6.07 Å². The lowest BCUT2D eigenvalue weighted by molar-refractivity contribution is -0.141. The minimum absolute atomic E-state index is 0.0151. The fraction of sp³-hybridized carbons (Fsp3) is 0.643. The first-order valence-corrected chi connectivity index (χ1v) is 7.21. The highest BCUT2D eigenvalue weighted by atomic mass is 16.5. The van der Waals surface area contributed by atoms with Crippen molar-refractivity contribution in [1.29, 1.82) is 0 Å². The molecule has 1 amide bonds. The first kappa shape index (κ1) is 15.5. The van der Waals surface area contributed by atoms with Gasteiger partial charge in [-0.3, -0.25) is 9.89 Å². The third-order valence-electron chi connectivity index (χ3n) is 3.28. The van der Waals surface area contributed by atoms with E-state index >= 15 is 0 Å². The van der Waals surface area contributed by atoms with Gasteiger partial charge in [-0.2, -0.15) is 5.10 Å². The lowest BCUT2D eigenvalue weighted by atomic mass is 10.2. The number of nitrogens with zero attached hydrogens (tertiary/aromatic N) is 2. The predicted molar refractivity (Wildman–Crippen MR) is 74.9 cm³/mol. The average molecular weight is 295 g/mol. The summed E-state index contributed by atoms with van der Waals surface area (Å²) in [4.78, 5) is 25.4. The second kappa shape index (κ2) is 7.21. The first-order chi connectivity index (χ1) is 10.1. The highest BCUT2D eigenvalue weighted by Gasteiger charge is 2.22. The van der Waals surface area contributed by atoms with Gasteiger partial charge in [-0.25, -0.2) is 4.79 Å². The largest absolute Gasteiger partial charge is 0.451 e. The van der Waals surface area contributed by atoms with Crippen LogP contribution in [0.1, 0.15) is 36.5 Å². The van der Waals surface area contributed by atoms with Gasteiger partial charge in [-0.05, 0) is 19.4 Å². The van der Waals surface area contributed by atoms with Crippen LogP contribution >= 0.6 is 0 Å². The van der Waals surface area contributed by atoms with E-state index in [1.54, 1.807) is 11.0 Å². The van der Waals surface area contributed by atoms with Crippen molar-refractivity contribution in [3.05, 3.63) is 17.5 Å². The lowest BCUT2D eigenvalue weighted by Crippen LogP contribution is -2.46. The molecular weight excluding hydrogens is 274 g/mol. The molecule has 116 valence electrons. The van der Waals surface area contributed by atoms with E-state index in [0.29, 0.717) is 19.7 Å². The van der Waals surface area contributed by atoms with Crippen LogP contribution in [-0.2, 0) is 20.7 Å². The maximum absolute atomic E-state index is 12.0. The molecule has 2 rings (SSSR count). The van der Waals surface area contributed by atoms with Gasteiger partial charge in [-0.1, -0.05) is 13.3 Å². The van der Waals surface area contributed by atoms with E-state index in [-0.39, 0.29) is 24.3 Å². The van der Waals surface area contributed by atoms with Gasteiger partial charge >= 0.3 is 5.97 Å².